The number of nitro groups is 1. The third-order valence-electron chi connectivity index (χ3n) is 2.06. The molecule has 2 aromatic rings. The first-order valence-corrected chi connectivity index (χ1v) is 4.30. The molecule has 0 saturated heterocycles. The fourth-order valence-electron chi connectivity index (χ4n) is 1.37. The Labute approximate surface area is 85.5 Å². The van der Waals surface area contributed by atoms with E-state index in [9.17, 15) is 10.1 Å². The fourth-order valence-corrected chi connectivity index (χ4v) is 1.37. The molecule has 5 heteroatoms. The Morgan fingerprint density at radius 2 is 2.13 bits per heavy atom. The van der Waals surface area contributed by atoms with Crippen molar-refractivity contribution in [3.05, 3.63) is 40.4 Å². The average Bonchev–Trinajstić information content (AvgIpc) is 2.27. The maximum Gasteiger partial charge on any atom is 0.406 e. The lowest BCUT2D eigenvalue weighted by molar-refractivity contribution is -0.390. The van der Waals surface area contributed by atoms with Crippen LogP contribution >= 0.6 is 0 Å². The van der Waals surface area contributed by atoms with Crippen LogP contribution in [0.3, 0.4) is 0 Å². The van der Waals surface area contributed by atoms with E-state index >= 15 is 0 Å². The first-order valence-electron chi connectivity index (χ1n) is 4.30. The fraction of sp³-hybridized carbons (Fsp3) is 0.100. The van der Waals surface area contributed by atoms with Crippen LogP contribution in [0.5, 0.6) is 5.75 Å². The molecule has 0 aliphatic heterocycles. The summed E-state index contributed by atoms with van der Waals surface area (Å²) in [6, 6.07) is 8.79. The summed E-state index contributed by atoms with van der Waals surface area (Å²) in [5, 5.41) is 11.5. The van der Waals surface area contributed by atoms with Crippen LogP contribution < -0.4 is 4.74 Å². The van der Waals surface area contributed by atoms with Crippen LogP contribution in [0, 0.1) is 10.1 Å². The van der Waals surface area contributed by atoms with E-state index in [-0.39, 0.29) is 11.6 Å². The Bertz CT molecular complexity index is 525. The molecule has 1 aromatic heterocycles. The summed E-state index contributed by atoms with van der Waals surface area (Å²) in [5.41, 5.74) is 0.588. The van der Waals surface area contributed by atoms with Crippen LogP contribution in [0.4, 0.5) is 5.82 Å². The number of hydrogen-bond acceptors (Lipinski definition) is 4. The van der Waals surface area contributed by atoms with Gasteiger partial charge >= 0.3 is 5.82 Å². The van der Waals surface area contributed by atoms with Crippen LogP contribution in [0.1, 0.15) is 0 Å². The van der Waals surface area contributed by atoms with E-state index in [1.54, 1.807) is 18.2 Å². The van der Waals surface area contributed by atoms with Gasteiger partial charge in [-0.25, -0.2) is 0 Å². The molecule has 1 aromatic carbocycles. The topological polar surface area (TPSA) is 65.3 Å². The van der Waals surface area contributed by atoms with Crippen molar-refractivity contribution in [3.8, 4) is 5.75 Å². The van der Waals surface area contributed by atoms with Gasteiger partial charge in [-0.2, -0.15) is 0 Å². The molecule has 0 N–H and O–H groups in total. The van der Waals surface area contributed by atoms with E-state index in [0.717, 1.165) is 5.39 Å². The monoisotopic (exact) mass is 204 g/mol. The number of fused-ring (bicyclic) bond motifs is 1. The minimum atomic E-state index is -0.550. The predicted molar refractivity (Wildman–Crippen MR) is 54.9 cm³/mol. The molecule has 0 amide bonds. The molecule has 0 fully saturated rings. The number of ether oxygens (including phenoxy) is 1. The highest BCUT2D eigenvalue weighted by Crippen LogP contribution is 2.28. The van der Waals surface area contributed by atoms with Crippen LogP contribution in [0.25, 0.3) is 10.9 Å². The summed E-state index contributed by atoms with van der Waals surface area (Å²) >= 11 is 0. The van der Waals surface area contributed by atoms with Gasteiger partial charge in [0.15, 0.2) is 5.52 Å². The van der Waals surface area contributed by atoms with Gasteiger partial charge in [0.05, 0.1) is 7.11 Å². The maximum absolute atomic E-state index is 10.7. The van der Waals surface area contributed by atoms with Gasteiger partial charge in [-0.1, -0.05) is 18.2 Å². The average molecular weight is 204 g/mol. The second kappa shape index (κ2) is 3.53. The van der Waals surface area contributed by atoms with E-state index in [4.69, 9.17) is 4.74 Å². The highest BCUT2D eigenvalue weighted by Gasteiger charge is 2.17. The van der Waals surface area contributed by atoms with Crippen LogP contribution in [-0.4, -0.2) is 17.0 Å². The number of rotatable bonds is 2. The Kier molecular flexibility index (Phi) is 2.21. The lowest BCUT2D eigenvalue weighted by Crippen LogP contribution is -1.97. The lowest BCUT2D eigenvalue weighted by atomic mass is 10.2. The van der Waals surface area contributed by atoms with Crippen molar-refractivity contribution in [3.63, 3.8) is 0 Å². The van der Waals surface area contributed by atoms with Crippen molar-refractivity contribution in [2.45, 2.75) is 0 Å². The summed E-state index contributed by atoms with van der Waals surface area (Å²) in [6.45, 7) is 0. The normalized spacial score (nSPS) is 10.2. The minimum absolute atomic E-state index is 0.179. The molecule has 15 heavy (non-hydrogen) atoms. The van der Waals surface area contributed by atoms with E-state index < -0.39 is 4.92 Å². The zero-order chi connectivity index (χ0) is 10.8. The third kappa shape index (κ3) is 1.59. The van der Waals surface area contributed by atoms with Crippen molar-refractivity contribution in [1.29, 1.82) is 0 Å². The molecular weight excluding hydrogens is 196 g/mol. The standard InChI is InChI=1S/C10H8N2O3/c1-15-9-6-7-4-2-3-5-8(7)11-10(9)12(13)14/h2-6H,1H3. The number of aromatic nitrogens is 1. The van der Waals surface area contributed by atoms with Gasteiger partial charge in [-0.3, -0.25) is 0 Å². The molecule has 0 spiro atoms. The van der Waals surface area contributed by atoms with Crippen LogP contribution in [-0.2, 0) is 0 Å². The summed E-state index contributed by atoms with van der Waals surface area (Å²) in [6.07, 6.45) is 0. The molecule has 0 bridgehead atoms. The van der Waals surface area contributed by atoms with Gasteiger partial charge in [-0.05, 0) is 16.0 Å². The molecule has 1 heterocycles. The highest BCUT2D eigenvalue weighted by molar-refractivity contribution is 5.81. The Morgan fingerprint density at radius 1 is 1.40 bits per heavy atom. The zero-order valence-corrected chi connectivity index (χ0v) is 8.01. The van der Waals surface area contributed by atoms with E-state index in [1.807, 2.05) is 12.1 Å². The van der Waals surface area contributed by atoms with Crippen molar-refractivity contribution in [1.82, 2.24) is 4.98 Å². The summed E-state index contributed by atoms with van der Waals surface area (Å²) in [7, 11) is 1.39. The molecule has 5 nitrogen and oxygen atoms in total. The number of hydrogen-bond donors (Lipinski definition) is 0. The predicted octanol–water partition coefficient (Wildman–Crippen LogP) is 2.15. The third-order valence-corrected chi connectivity index (χ3v) is 2.06. The van der Waals surface area contributed by atoms with Gasteiger partial charge in [0.2, 0.25) is 5.75 Å². The largest absolute Gasteiger partial charge is 0.489 e. The van der Waals surface area contributed by atoms with E-state index in [2.05, 4.69) is 4.98 Å². The Balaban J connectivity index is 2.74. The molecule has 0 saturated carbocycles. The molecule has 0 unspecified atom stereocenters. The van der Waals surface area contributed by atoms with Crippen molar-refractivity contribution in [2.24, 2.45) is 0 Å². The molecule has 0 radical (unpaired) electrons. The second-order valence-electron chi connectivity index (χ2n) is 2.96. The minimum Gasteiger partial charge on any atom is -0.489 e. The Hall–Kier alpha value is -2.17. The van der Waals surface area contributed by atoms with Crippen molar-refractivity contribution in [2.75, 3.05) is 7.11 Å². The molecule has 2 rings (SSSR count). The molecule has 0 atom stereocenters. The summed E-state index contributed by atoms with van der Waals surface area (Å²) in [4.78, 5) is 14.1. The van der Waals surface area contributed by atoms with Crippen molar-refractivity contribution >= 4 is 16.7 Å². The lowest BCUT2D eigenvalue weighted by Gasteiger charge is -2.01. The highest BCUT2D eigenvalue weighted by atomic mass is 16.6. The summed E-state index contributed by atoms with van der Waals surface area (Å²) in [5.74, 6) is -0.0742. The van der Waals surface area contributed by atoms with E-state index in [0.29, 0.717) is 5.52 Å². The first-order chi connectivity index (χ1) is 7.22. The maximum atomic E-state index is 10.7. The molecule has 0 aliphatic carbocycles. The van der Waals surface area contributed by atoms with Crippen LogP contribution in [0.2, 0.25) is 0 Å². The molecule has 0 aliphatic rings. The number of pyridine rings is 1. The van der Waals surface area contributed by atoms with Crippen LogP contribution in [0.15, 0.2) is 30.3 Å². The molecule has 76 valence electrons. The smallest absolute Gasteiger partial charge is 0.406 e. The Morgan fingerprint density at radius 3 is 2.80 bits per heavy atom. The quantitative estimate of drug-likeness (QED) is 0.555. The molecular formula is C10H8N2O3. The second-order valence-corrected chi connectivity index (χ2v) is 2.96. The first kappa shape index (κ1) is 9.39. The van der Waals surface area contributed by atoms with Gasteiger partial charge < -0.3 is 14.9 Å². The zero-order valence-electron chi connectivity index (χ0n) is 8.01. The number of methoxy groups -OCH3 is 1. The van der Waals surface area contributed by atoms with Gasteiger partial charge in [-0.15, -0.1) is 0 Å². The van der Waals surface area contributed by atoms with Crippen molar-refractivity contribution < 1.29 is 9.66 Å². The van der Waals surface area contributed by atoms with Gasteiger partial charge in [0, 0.05) is 11.5 Å². The number of para-hydroxylation sites is 1. The van der Waals surface area contributed by atoms with Gasteiger partial charge in [0.25, 0.3) is 0 Å². The van der Waals surface area contributed by atoms with Gasteiger partial charge in [0.1, 0.15) is 0 Å². The number of benzene rings is 1. The number of nitrogens with zero attached hydrogens (tertiary/aromatic N) is 2. The summed E-state index contributed by atoms with van der Waals surface area (Å²) < 4.78 is 4.91. The SMILES string of the molecule is COc1cc2ccccc2nc1[N+](=O)[O-]. The van der Waals surface area contributed by atoms with E-state index in [1.165, 1.54) is 7.11 Å².